The van der Waals surface area contributed by atoms with Crippen molar-refractivity contribution in [2.75, 3.05) is 6.54 Å². The largest absolute Gasteiger partial charge is 0.352 e. The third-order valence-corrected chi connectivity index (χ3v) is 2.94. The van der Waals surface area contributed by atoms with E-state index >= 15 is 0 Å². The van der Waals surface area contributed by atoms with Gasteiger partial charge in [-0.25, -0.2) is 0 Å². The van der Waals surface area contributed by atoms with E-state index in [4.69, 9.17) is 0 Å². The molecule has 116 valence electrons. The maximum atomic E-state index is 12.0. The highest BCUT2D eigenvalue weighted by atomic mass is 16.2. The second kappa shape index (κ2) is 7.40. The lowest BCUT2D eigenvalue weighted by molar-refractivity contribution is -0.120. The Morgan fingerprint density at radius 3 is 2.64 bits per heavy atom. The average molecular weight is 300 g/mol. The summed E-state index contributed by atoms with van der Waals surface area (Å²) < 4.78 is 1.69. The zero-order valence-corrected chi connectivity index (χ0v) is 12.7. The van der Waals surface area contributed by atoms with Gasteiger partial charge in [0, 0.05) is 12.2 Å². The molecule has 2 N–H and O–H groups in total. The molecule has 0 radical (unpaired) electrons. The van der Waals surface area contributed by atoms with Crippen LogP contribution < -0.4 is 10.6 Å². The van der Waals surface area contributed by atoms with Crippen LogP contribution in [0.4, 0.5) is 0 Å². The first-order chi connectivity index (χ1) is 10.5. The zero-order chi connectivity index (χ0) is 15.9. The first-order valence-electron chi connectivity index (χ1n) is 7.18. The number of hydrogen-bond donors (Lipinski definition) is 2. The van der Waals surface area contributed by atoms with E-state index in [2.05, 4.69) is 15.7 Å². The van der Waals surface area contributed by atoms with Gasteiger partial charge in [-0.15, -0.1) is 0 Å². The fourth-order valence-electron chi connectivity index (χ4n) is 1.97. The second-order valence-corrected chi connectivity index (χ2v) is 5.32. The molecule has 6 heteroatoms. The lowest BCUT2D eigenvalue weighted by Crippen LogP contribution is -2.39. The Labute approximate surface area is 129 Å². The molecule has 2 rings (SSSR count). The van der Waals surface area contributed by atoms with Crippen molar-refractivity contribution in [1.82, 2.24) is 20.4 Å². The second-order valence-electron chi connectivity index (χ2n) is 5.32. The lowest BCUT2D eigenvalue weighted by atomic mass is 10.2. The van der Waals surface area contributed by atoms with E-state index in [1.54, 1.807) is 10.9 Å². The van der Waals surface area contributed by atoms with E-state index in [0.29, 0.717) is 12.1 Å². The van der Waals surface area contributed by atoms with Crippen molar-refractivity contribution in [3.05, 3.63) is 53.9 Å². The summed E-state index contributed by atoms with van der Waals surface area (Å²) in [5, 5.41) is 9.45. The maximum absolute atomic E-state index is 12.0. The Balaban J connectivity index is 1.88. The molecule has 0 aliphatic heterocycles. The molecule has 1 aromatic carbocycles. The molecule has 2 amide bonds. The van der Waals surface area contributed by atoms with Gasteiger partial charge in [-0.2, -0.15) is 5.10 Å². The molecule has 22 heavy (non-hydrogen) atoms. The van der Waals surface area contributed by atoms with Gasteiger partial charge in [0.25, 0.3) is 5.91 Å². The van der Waals surface area contributed by atoms with Crippen LogP contribution in [0.2, 0.25) is 0 Å². The standard InChI is InChI=1S/C16H20N4O2/c1-12(2)19-15(21)9-17-16(22)14-8-18-20(11-14)10-13-6-4-3-5-7-13/h3-8,11-12H,9-10H2,1-2H3,(H,17,22)(H,19,21). The van der Waals surface area contributed by atoms with Gasteiger partial charge >= 0.3 is 0 Å². The molecular weight excluding hydrogens is 280 g/mol. The summed E-state index contributed by atoms with van der Waals surface area (Å²) in [6.45, 7) is 4.30. The van der Waals surface area contributed by atoms with Crippen LogP contribution in [0.3, 0.4) is 0 Å². The van der Waals surface area contributed by atoms with Crippen LogP contribution in [0.1, 0.15) is 29.8 Å². The summed E-state index contributed by atoms with van der Waals surface area (Å²) in [6, 6.07) is 9.92. The predicted octanol–water partition coefficient (Wildman–Crippen LogP) is 1.19. The molecule has 6 nitrogen and oxygen atoms in total. The highest BCUT2D eigenvalue weighted by molar-refractivity contribution is 5.96. The number of nitrogens with zero attached hydrogens (tertiary/aromatic N) is 2. The minimum Gasteiger partial charge on any atom is -0.352 e. The molecule has 0 atom stereocenters. The number of benzene rings is 1. The minimum absolute atomic E-state index is 0.0408. The maximum Gasteiger partial charge on any atom is 0.254 e. The summed E-state index contributed by atoms with van der Waals surface area (Å²) in [5.41, 5.74) is 1.54. The van der Waals surface area contributed by atoms with Crippen molar-refractivity contribution in [2.24, 2.45) is 0 Å². The molecule has 0 unspecified atom stereocenters. The summed E-state index contributed by atoms with van der Waals surface area (Å²) in [7, 11) is 0. The Morgan fingerprint density at radius 1 is 1.23 bits per heavy atom. The first-order valence-corrected chi connectivity index (χ1v) is 7.18. The van der Waals surface area contributed by atoms with Gasteiger partial charge in [-0.3, -0.25) is 14.3 Å². The first kappa shape index (κ1) is 15.8. The Kier molecular flexibility index (Phi) is 5.30. The number of hydrogen-bond acceptors (Lipinski definition) is 3. The molecule has 0 bridgehead atoms. The van der Waals surface area contributed by atoms with Gasteiger partial charge in [0.2, 0.25) is 5.91 Å². The van der Waals surface area contributed by atoms with Crippen LogP contribution in [-0.4, -0.2) is 34.2 Å². The smallest absolute Gasteiger partial charge is 0.254 e. The molecule has 0 saturated heterocycles. The predicted molar refractivity (Wildman–Crippen MR) is 83.4 cm³/mol. The van der Waals surface area contributed by atoms with Crippen LogP contribution in [-0.2, 0) is 11.3 Å². The number of nitrogens with one attached hydrogen (secondary N) is 2. The Bertz CT molecular complexity index is 635. The monoisotopic (exact) mass is 300 g/mol. The summed E-state index contributed by atoms with van der Waals surface area (Å²) in [6.07, 6.45) is 3.17. The van der Waals surface area contributed by atoms with Gasteiger partial charge in [0.05, 0.1) is 24.8 Å². The van der Waals surface area contributed by atoms with Gasteiger partial charge in [0.1, 0.15) is 0 Å². The number of carbonyl (C=O) groups is 2. The molecule has 0 spiro atoms. The van der Waals surface area contributed by atoms with E-state index in [1.807, 2.05) is 44.2 Å². The fraction of sp³-hybridized carbons (Fsp3) is 0.312. The van der Waals surface area contributed by atoms with Crippen LogP contribution in [0, 0.1) is 0 Å². The molecule has 0 aliphatic rings. The van der Waals surface area contributed by atoms with Crippen LogP contribution in [0.25, 0.3) is 0 Å². The van der Waals surface area contributed by atoms with E-state index < -0.39 is 0 Å². The number of carbonyl (C=O) groups excluding carboxylic acids is 2. The van der Waals surface area contributed by atoms with Gasteiger partial charge in [-0.1, -0.05) is 30.3 Å². The fourth-order valence-corrected chi connectivity index (χ4v) is 1.97. The normalized spacial score (nSPS) is 10.5. The van der Waals surface area contributed by atoms with Gasteiger partial charge in [0.15, 0.2) is 0 Å². The van der Waals surface area contributed by atoms with E-state index in [-0.39, 0.29) is 24.4 Å². The van der Waals surface area contributed by atoms with Crippen molar-refractivity contribution < 1.29 is 9.59 Å². The van der Waals surface area contributed by atoms with Crippen molar-refractivity contribution in [1.29, 1.82) is 0 Å². The summed E-state index contributed by atoms with van der Waals surface area (Å²) >= 11 is 0. The third-order valence-electron chi connectivity index (χ3n) is 2.94. The Morgan fingerprint density at radius 2 is 1.95 bits per heavy atom. The van der Waals surface area contributed by atoms with E-state index in [1.165, 1.54) is 6.20 Å². The Hall–Kier alpha value is -2.63. The number of rotatable bonds is 6. The van der Waals surface area contributed by atoms with E-state index in [9.17, 15) is 9.59 Å². The molecule has 0 saturated carbocycles. The minimum atomic E-state index is -0.307. The van der Waals surface area contributed by atoms with Crippen molar-refractivity contribution in [2.45, 2.75) is 26.4 Å². The van der Waals surface area contributed by atoms with Gasteiger partial charge < -0.3 is 10.6 Å². The molecule has 1 heterocycles. The molecule has 0 fully saturated rings. The van der Waals surface area contributed by atoms with Crippen molar-refractivity contribution in [3.63, 3.8) is 0 Å². The third kappa shape index (κ3) is 4.73. The SMILES string of the molecule is CC(C)NC(=O)CNC(=O)c1cnn(Cc2ccccc2)c1. The topological polar surface area (TPSA) is 76.0 Å². The molecular formula is C16H20N4O2. The van der Waals surface area contributed by atoms with Crippen LogP contribution >= 0.6 is 0 Å². The highest BCUT2D eigenvalue weighted by Gasteiger charge is 2.11. The number of aromatic nitrogens is 2. The molecule has 2 aromatic rings. The summed E-state index contributed by atoms with van der Waals surface area (Å²) in [4.78, 5) is 23.4. The van der Waals surface area contributed by atoms with Gasteiger partial charge in [-0.05, 0) is 19.4 Å². The van der Waals surface area contributed by atoms with E-state index in [0.717, 1.165) is 5.56 Å². The van der Waals surface area contributed by atoms with Crippen molar-refractivity contribution >= 4 is 11.8 Å². The molecule has 1 aromatic heterocycles. The zero-order valence-electron chi connectivity index (χ0n) is 12.7. The number of amides is 2. The highest BCUT2D eigenvalue weighted by Crippen LogP contribution is 2.03. The van der Waals surface area contributed by atoms with Crippen LogP contribution in [0.15, 0.2) is 42.7 Å². The van der Waals surface area contributed by atoms with Crippen molar-refractivity contribution in [3.8, 4) is 0 Å². The van der Waals surface area contributed by atoms with Crippen LogP contribution in [0.5, 0.6) is 0 Å². The molecule has 0 aliphatic carbocycles. The average Bonchev–Trinajstić information content (AvgIpc) is 2.94. The lowest BCUT2D eigenvalue weighted by Gasteiger charge is -2.08. The quantitative estimate of drug-likeness (QED) is 0.841. The summed E-state index contributed by atoms with van der Waals surface area (Å²) in [5.74, 6) is -0.516.